The molecule has 0 aromatic heterocycles. The summed E-state index contributed by atoms with van der Waals surface area (Å²) in [6.45, 7) is 0. The second-order valence-corrected chi connectivity index (χ2v) is 5.57. The van der Waals surface area contributed by atoms with Crippen LogP contribution in [0.3, 0.4) is 0 Å². The minimum absolute atomic E-state index is 0. The van der Waals surface area contributed by atoms with Crippen molar-refractivity contribution < 1.29 is 0 Å². The molecule has 0 heterocycles. The number of halogens is 3. The van der Waals surface area contributed by atoms with Gasteiger partial charge in [0.2, 0.25) is 5.96 Å². The summed E-state index contributed by atoms with van der Waals surface area (Å²) >= 11 is 12.3. The number of hydrogen-bond acceptors (Lipinski definition) is 2. The van der Waals surface area contributed by atoms with Gasteiger partial charge in [0.1, 0.15) is 0 Å². The van der Waals surface area contributed by atoms with Crippen LogP contribution in [0.2, 0.25) is 10.0 Å². The van der Waals surface area contributed by atoms with Crippen LogP contribution in [0.5, 0.6) is 0 Å². The van der Waals surface area contributed by atoms with Crippen LogP contribution in [-0.2, 0) is 0 Å². The van der Waals surface area contributed by atoms with Crippen molar-refractivity contribution in [3.05, 3.63) is 81.9 Å². The van der Waals surface area contributed by atoms with E-state index >= 15 is 0 Å². The fraction of sp³-hybridized carbons (Fsp3) is 0. The van der Waals surface area contributed by atoms with Gasteiger partial charge in [-0.1, -0.05) is 71.8 Å². The highest BCUT2D eigenvalue weighted by molar-refractivity contribution is 6.32. The second-order valence-electron chi connectivity index (χ2n) is 4.76. The van der Waals surface area contributed by atoms with Gasteiger partial charge in [-0.2, -0.15) is 0 Å². The van der Waals surface area contributed by atoms with E-state index in [1.165, 1.54) is 0 Å². The Labute approximate surface area is 162 Å². The molecule has 0 atom stereocenters. The average molecular weight is 396 g/mol. The van der Waals surface area contributed by atoms with Gasteiger partial charge in [0, 0.05) is 10.0 Å². The fourth-order valence-electron chi connectivity index (χ4n) is 1.81. The van der Waals surface area contributed by atoms with Crippen LogP contribution in [-0.4, -0.2) is 11.7 Å². The molecule has 0 saturated carbocycles. The molecular formula is C18H17Cl3N4. The third kappa shape index (κ3) is 7.01. The van der Waals surface area contributed by atoms with Crippen molar-refractivity contribution in [3.63, 3.8) is 0 Å². The molecule has 2 rings (SSSR count). The molecule has 0 radical (unpaired) electrons. The van der Waals surface area contributed by atoms with Crippen molar-refractivity contribution in [2.24, 2.45) is 21.7 Å². The Morgan fingerprint density at radius 3 is 1.60 bits per heavy atom. The SMILES string of the molecule is Cl.NC(N)=NN=C(C=Cc1ccccc1Cl)C=Cc1ccccc1Cl. The van der Waals surface area contributed by atoms with Crippen molar-refractivity contribution in [1.29, 1.82) is 0 Å². The third-order valence-electron chi connectivity index (χ3n) is 2.96. The smallest absolute Gasteiger partial charge is 0.211 e. The van der Waals surface area contributed by atoms with Crippen molar-refractivity contribution in [3.8, 4) is 0 Å². The van der Waals surface area contributed by atoms with Gasteiger partial charge in [0.25, 0.3) is 0 Å². The lowest BCUT2D eigenvalue weighted by molar-refractivity contribution is 1.21. The van der Waals surface area contributed by atoms with Crippen LogP contribution >= 0.6 is 35.6 Å². The Morgan fingerprint density at radius 2 is 1.20 bits per heavy atom. The highest BCUT2D eigenvalue weighted by Gasteiger charge is 1.97. The Hall–Kier alpha value is -2.27. The Balaban J connectivity index is 0.00000312. The van der Waals surface area contributed by atoms with Crippen LogP contribution in [0.4, 0.5) is 0 Å². The van der Waals surface area contributed by atoms with Gasteiger partial charge >= 0.3 is 0 Å². The van der Waals surface area contributed by atoms with E-state index in [0.717, 1.165) is 11.1 Å². The second kappa shape index (κ2) is 10.6. The van der Waals surface area contributed by atoms with Gasteiger partial charge in [-0.25, -0.2) is 0 Å². The first kappa shape index (κ1) is 20.8. The normalized spacial score (nSPS) is 10.5. The van der Waals surface area contributed by atoms with E-state index in [9.17, 15) is 0 Å². The zero-order valence-corrected chi connectivity index (χ0v) is 15.5. The number of nitrogens with zero attached hydrogens (tertiary/aromatic N) is 2. The summed E-state index contributed by atoms with van der Waals surface area (Å²) in [5.74, 6) is -0.121. The molecule has 0 fully saturated rings. The minimum atomic E-state index is -0.121. The van der Waals surface area contributed by atoms with Crippen molar-refractivity contribution >= 4 is 59.4 Å². The summed E-state index contributed by atoms with van der Waals surface area (Å²) in [7, 11) is 0. The maximum atomic E-state index is 6.13. The zero-order chi connectivity index (χ0) is 17.4. The summed E-state index contributed by atoms with van der Waals surface area (Å²) in [5.41, 5.74) is 12.9. The molecule has 0 aliphatic rings. The molecule has 0 unspecified atom stereocenters. The number of hydrogen-bond donors (Lipinski definition) is 2. The maximum Gasteiger partial charge on any atom is 0.211 e. The van der Waals surface area contributed by atoms with E-state index in [4.69, 9.17) is 34.7 Å². The van der Waals surface area contributed by atoms with Gasteiger partial charge in [0.15, 0.2) is 0 Å². The predicted molar refractivity (Wildman–Crippen MR) is 111 cm³/mol. The molecule has 2 aromatic rings. The first-order valence-electron chi connectivity index (χ1n) is 7.08. The lowest BCUT2D eigenvalue weighted by Gasteiger charge is -1.98. The summed E-state index contributed by atoms with van der Waals surface area (Å²) in [5, 5.41) is 8.98. The molecule has 0 spiro atoms. The molecule has 4 N–H and O–H groups in total. The first-order chi connectivity index (χ1) is 11.6. The van der Waals surface area contributed by atoms with Gasteiger partial charge < -0.3 is 11.5 Å². The van der Waals surface area contributed by atoms with Crippen molar-refractivity contribution in [2.45, 2.75) is 0 Å². The highest BCUT2D eigenvalue weighted by atomic mass is 35.5. The van der Waals surface area contributed by atoms with Gasteiger partial charge in [-0.05, 0) is 35.4 Å². The van der Waals surface area contributed by atoms with Gasteiger partial charge in [-0.15, -0.1) is 22.6 Å². The maximum absolute atomic E-state index is 6.13. The largest absolute Gasteiger partial charge is 0.369 e. The molecule has 0 bridgehead atoms. The van der Waals surface area contributed by atoms with E-state index in [1.54, 1.807) is 12.2 Å². The van der Waals surface area contributed by atoms with E-state index < -0.39 is 0 Å². The number of rotatable bonds is 5. The van der Waals surface area contributed by atoms with Crippen molar-refractivity contribution in [2.75, 3.05) is 0 Å². The first-order valence-corrected chi connectivity index (χ1v) is 7.83. The molecule has 2 aromatic carbocycles. The summed E-state index contributed by atoms with van der Waals surface area (Å²) in [6.07, 6.45) is 7.20. The molecule has 4 nitrogen and oxygen atoms in total. The summed E-state index contributed by atoms with van der Waals surface area (Å²) < 4.78 is 0. The molecule has 0 aliphatic heterocycles. The number of benzene rings is 2. The minimum Gasteiger partial charge on any atom is -0.369 e. The molecule has 130 valence electrons. The fourth-order valence-corrected chi connectivity index (χ4v) is 2.21. The highest BCUT2D eigenvalue weighted by Crippen LogP contribution is 2.18. The lowest BCUT2D eigenvalue weighted by atomic mass is 10.1. The quantitative estimate of drug-likeness (QED) is 0.434. The molecule has 0 saturated heterocycles. The van der Waals surface area contributed by atoms with Gasteiger partial charge in [0.05, 0.1) is 5.71 Å². The number of allylic oxidation sites excluding steroid dienone is 2. The Bertz CT molecular complexity index is 765. The number of nitrogens with two attached hydrogens (primary N) is 2. The van der Waals surface area contributed by atoms with Crippen LogP contribution in [0, 0.1) is 0 Å². The predicted octanol–water partition coefficient (Wildman–Crippen LogP) is 4.77. The topological polar surface area (TPSA) is 76.8 Å². The lowest BCUT2D eigenvalue weighted by Crippen LogP contribution is -2.22. The monoisotopic (exact) mass is 394 g/mol. The zero-order valence-electron chi connectivity index (χ0n) is 13.1. The van der Waals surface area contributed by atoms with Gasteiger partial charge in [-0.3, -0.25) is 0 Å². The average Bonchev–Trinajstić information content (AvgIpc) is 2.56. The van der Waals surface area contributed by atoms with Crippen molar-refractivity contribution in [1.82, 2.24) is 0 Å². The van der Waals surface area contributed by atoms with E-state index in [2.05, 4.69) is 10.2 Å². The van der Waals surface area contributed by atoms with Crippen LogP contribution in [0.15, 0.2) is 70.9 Å². The molecular weight excluding hydrogens is 379 g/mol. The Kier molecular flexibility index (Phi) is 8.78. The van der Waals surface area contributed by atoms with E-state index in [1.807, 2.05) is 60.7 Å². The molecule has 25 heavy (non-hydrogen) atoms. The molecule has 7 heteroatoms. The van der Waals surface area contributed by atoms with E-state index in [-0.39, 0.29) is 18.4 Å². The van der Waals surface area contributed by atoms with E-state index in [0.29, 0.717) is 15.8 Å². The number of guanidine groups is 1. The van der Waals surface area contributed by atoms with Crippen LogP contribution < -0.4 is 11.5 Å². The van der Waals surface area contributed by atoms with Crippen LogP contribution in [0.1, 0.15) is 11.1 Å². The standard InChI is InChI=1S/C18H16Cl2N4.ClH/c19-16-7-3-1-5-13(16)9-11-15(23-24-18(21)22)12-10-14-6-2-4-8-17(14)20;/h1-12H,(H4,21,22,24);1H. The summed E-state index contributed by atoms with van der Waals surface area (Å²) in [6, 6.07) is 15.0. The van der Waals surface area contributed by atoms with Crippen LogP contribution in [0.25, 0.3) is 12.2 Å². The Morgan fingerprint density at radius 1 is 0.760 bits per heavy atom. The molecule has 0 amide bonds. The molecule has 0 aliphatic carbocycles. The third-order valence-corrected chi connectivity index (χ3v) is 3.65. The summed E-state index contributed by atoms with van der Waals surface area (Å²) in [4.78, 5) is 0.